The van der Waals surface area contributed by atoms with Crippen molar-refractivity contribution < 1.29 is 53.6 Å². The van der Waals surface area contributed by atoms with Crippen LogP contribution in [0.15, 0.2) is 10.6 Å². The van der Waals surface area contributed by atoms with Crippen LogP contribution in [0.5, 0.6) is 0 Å². The molecular weight excluding hydrogens is 650 g/mol. The van der Waals surface area contributed by atoms with Crippen LogP contribution >= 0.6 is 0 Å². The number of carboxylic acids is 2. The summed E-state index contributed by atoms with van der Waals surface area (Å²) in [6.07, 6.45) is 11.8. The molecule has 0 aliphatic heterocycles. The number of rotatable bonds is 14. The molecule has 0 radical (unpaired) electrons. The molecule has 14 heteroatoms. The van der Waals surface area contributed by atoms with Crippen molar-refractivity contribution in [1.29, 1.82) is 0 Å². The second-order valence-corrected chi connectivity index (χ2v) is 16.1. The average molecular weight is 708 g/mol. The van der Waals surface area contributed by atoms with Crippen molar-refractivity contribution in [3.63, 3.8) is 0 Å². The van der Waals surface area contributed by atoms with Gasteiger partial charge in [-0.3, -0.25) is 14.4 Å². The third-order valence-corrected chi connectivity index (χ3v) is 12.7. The third kappa shape index (κ3) is 8.68. The Bertz CT molecular complexity index is 1350. The fraction of sp³-hybridized carbons (Fsp3) is 0.806. The Kier molecular flexibility index (Phi) is 12.8. The van der Waals surface area contributed by atoms with Gasteiger partial charge in [0.1, 0.15) is 12.6 Å². The van der Waals surface area contributed by atoms with Gasteiger partial charge in [0.25, 0.3) is 6.47 Å². The number of ether oxygens (including phenoxy) is 2. The maximum Gasteiger partial charge on any atom is 0.339 e. The summed E-state index contributed by atoms with van der Waals surface area (Å²) in [4.78, 5) is 42.4. The Morgan fingerprint density at radius 2 is 1.78 bits per heavy atom. The number of carboxylic acid groups (broad SMARTS) is 2. The number of esters is 1. The predicted octanol–water partition coefficient (Wildman–Crippen LogP) is 3.50. The molecule has 5 rings (SSSR count). The van der Waals surface area contributed by atoms with Crippen molar-refractivity contribution >= 4 is 24.4 Å². The second-order valence-electron chi connectivity index (χ2n) is 16.1. The smallest absolute Gasteiger partial charge is 0.339 e. The van der Waals surface area contributed by atoms with E-state index in [-0.39, 0.29) is 18.5 Å². The summed E-state index contributed by atoms with van der Waals surface area (Å²) in [7, 11) is 0. The summed E-state index contributed by atoms with van der Waals surface area (Å²) in [5, 5.41) is 41.0. The molecule has 3 unspecified atom stereocenters. The lowest BCUT2D eigenvalue weighted by Gasteiger charge is -2.61. The first kappa shape index (κ1) is 39.7. The van der Waals surface area contributed by atoms with Crippen molar-refractivity contribution in [2.75, 3.05) is 13.2 Å². The largest absolute Gasteiger partial charge is 0.481 e. The first-order chi connectivity index (χ1) is 23.5. The normalized spacial score (nSPS) is 34.7. The van der Waals surface area contributed by atoms with Crippen LogP contribution in [0.25, 0.3) is 0 Å². The Morgan fingerprint density at radius 1 is 1.06 bits per heavy atom. The van der Waals surface area contributed by atoms with Gasteiger partial charge in [0.2, 0.25) is 5.60 Å². The molecule has 0 amide bonds. The summed E-state index contributed by atoms with van der Waals surface area (Å²) in [5.41, 5.74) is 10.1. The minimum absolute atomic E-state index is 0.0737. The zero-order valence-corrected chi connectivity index (χ0v) is 29.7. The molecule has 14 nitrogen and oxygen atoms in total. The lowest BCUT2D eigenvalue weighted by atomic mass is 9.44. The molecule has 0 saturated heterocycles. The second kappa shape index (κ2) is 16.1. The van der Waals surface area contributed by atoms with Crippen LogP contribution in [-0.4, -0.2) is 80.4 Å². The van der Waals surface area contributed by atoms with Gasteiger partial charge >= 0.3 is 17.9 Å². The third-order valence-electron chi connectivity index (χ3n) is 12.7. The fourth-order valence-electron chi connectivity index (χ4n) is 9.96. The van der Waals surface area contributed by atoms with E-state index in [9.17, 15) is 24.3 Å². The summed E-state index contributed by atoms with van der Waals surface area (Å²) in [5.74, 6) is 0.283. The van der Waals surface area contributed by atoms with Gasteiger partial charge in [-0.05, 0) is 119 Å². The highest BCUT2D eigenvalue weighted by Gasteiger charge is 2.61. The molecule has 0 bridgehead atoms. The fourth-order valence-corrected chi connectivity index (χ4v) is 9.96. The predicted molar refractivity (Wildman–Crippen MR) is 179 cm³/mol. The molecule has 4 aliphatic rings. The zero-order chi connectivity index (χ0) is 36.9. The Balaban J connectivity index is 0.000000369. The molecule has 4 saturated carbocycles. The molecule has 1 aromatic rings. The number of unbranched alkanes of at least 4 members (excludes halogenated alkanes) is 1. The number of carbonyl (C=O) groups excluding carboxylic acids is 2. The number of hydrogen-bond donors (Lipinski definition) is 6. The van der Waals surface area contributed by atoms with E-state index in [1.165, 1.54) is 38.5 Å². The maximum absolute atomic E-state index is 12.3. The maximum atomic E-state index is 12.3. The minimum atomic E-state index is -2.56. The van der Waals surface area contributed by atoms with Crippen molar-refractivity contribution in [1.82, 2.24) is 5.16 Å². The van der Waals surface area contributed by atoms with Gasteiger partial charge in [0.05, 0.1) is 17.7 Å². The van der Waals surface area contributed by atoms with Gasteiger partial charge in [-0.2, -0.15) is 0 Å². The van der Waals surface area contributed by atoms with Gasteiger partial charge in [-0.25, -0.2) is 4.79 Å². The molecular formula is C36H57N3O11. The number of hydrogen-bond acceptors (Lipinski definition) is 12. The number of aliphatic hydroxyl groups is 2. The summed E-state index contributed by atoms with van der Waals surface area (Å²) < 4.78 is 15.0. The highest BCUT2D eigenvalue weighted by Crippen LogP contribution is 2.69. The van der Waals surface area contributed by atoms with E-state index in [1.807, 2.05) is 13.0 Å². The molecule has 8 N–H and O–H groups in total. The number of fused-ring (bicyclic) bond motifs is 5. The van der Waals surface area contributed by atoms with E-state index in [2.05, 4.69) is 23.7 Å². The van der Waals surface area contributed by atoms with Gasteiger partial charge in [-0.15, -0.1) is 0 Å². The van der Waals surface area contributed by atoms with Crippen LogP contribution in [0.4, 0.5) is 0 Å². The van der Waals surface area contributed by atoms with Crippen LogP contribution in [0, 0.1) is 34.5 Å². The van der Waals surface area contributed by atoms with Crippen LogP contribution in [0.3, 0.4) is 0 Å². The first-order valence-corrected chi connectivity index (χ1v) is 18.0. The molecule has 4 aliphatic carbocycles. The Morgan fingerprint density at radius 3 is 2.44 bits per heavy atom. The topological polar surface area (TPSA) is 246 Å². The van der Waals surface area contributed by atoms with E-state index in [0.717, 1.165) is 55.6 Å². The van der Waals surface area contributed by atoms with Crippen molar-refractivity contribution in [3.05, 3.63) is 17.5 Å². The van der Waals surface area contributed by atoms with Gasteiger partial charge in [-0.1, -0.05) is 25.4 Å². The lowest BCUT2D eigenvalue weighted by Crippen LogP contribution is -2.55. The SMILES string of the molecule is C[C@@]1(O)CC[C@@]2(C)C(CC[C@@H]3C2CC[C@]2(C)[C@@H](c4cc(COC(=O)[C@@H](N)CCCCN)on4)CC[C@@H]32)C1.O=COCC(O)(CC(=O)O)C(=O)O. The molecule has 1 aromatic heterocycles. The molecule has 282 valence electrons. The van der Waals surface area contributed by atoms with Crippen molar-refractivity contribution in [2.24, 2.45) is 46.0 Å². The Hall–Kier alpha value is -3.07. The van der Waals surface area contributed by atoms with E-state index in [4.69, 9.17) is 36.0 Å². The highest BCUT2D eigenvalue weighted by molar-refractivity contribution is 5.83. The van der Waals surface area contributed by atoms with E-state index < -0.39 is 48.2 Å². The number of aromatic nitrogens is 1. The van der Waals surface area contributed by atoms with Crippen LogP contribution < -0.4 is 11.5 Å². The zero-order valence-electron chi connectivity index (χ0n) is 29.7. The summed E-state index contributed by atoms with van der Waals surface area (Å²) >= 11 is 0. The number of carbonyl (C=O) groups is 4. The van der Waals surface area contributed by atoms with Crippen LogP contribution in [0.1, 0.15) is 122 Å². The molecule has 4 fully saturated rings. The highest BCUT2D eigenvalue weighted by atomic mass is 16.6. The lowest BCUT2D eigenvalue weighted by molar-refractivity contribution is -0.172. The Labute approximate surface area is 293 Å². The minimum Gasteiger partial charge on any atom is -0.481 e. The summed E-state index contributed by atoms with van der Waals surface area (Å²) in [6, 6.07) is 1.39. The van der Waals surface area contributed by atoms with E-state index >= 15 is 0 Å². The standard InChI is InChI=1S/C30H49N3O4.C6H8O7/c1-28(35)13-14-29(2)19(17-28)7-8-21-22-9-10-24(30(22,3)12-11-23(21)29)26-16-20(37-33-26)18-36-27(34)25(32)6-4-5-15-31;7-3-13-2-6(12,5(10)11)1-4(8)9/h16,19,21-25,35H,4-15,17-18,31-32H2,1-3H3;3,12H,1-2H2,(H,8,9)(H,10,11)/t19?,21-,22-,23?,24+,25-,28+,29-,30-;/m0./s1. The number of nitrogens with zero attached hydrogens (tertiary/aromatic N) is 1. The van der Waals surface area contributed by atoms with E-state index in [1.54, 1.807) is 0 Å². The first-order valence-electron chi connectivity index (χ1n) is 18.0. The molecule has 0 aromatic carbocycles. The van der Waals surface area contributed by atoms with Crippen LogP contribution in [0.2, 0.25) is 0 Å². The monoisotopic (exact) mass is 707 g/mol. The van der Waals surface area contributed by atoms with Gasteiger partial charge in [0, 0.05) is 12.0 Å². The van der Waals surface area contributed by atoms with Crippen molar-refractivity contribution in [2.45, 2.75) is 134 Å². The average Bonchev–Trinajstić information content (AvgIpc) is 3.66. The molecule has 1 heterocycles. The van der Waals surface area contributed by atoms with Crippen molar-refractivity contribution in [3.8, 4) is 0 Å². The summed E-state index contributed by atoms with van der Waals surface area (Å²) in [6.45, 7) is 6.82. The quantitative estimate of drug-likeness (QED) is 0.0921. The van der Waals surface area contributed by atoms with Crippen LogP contribution in [-0.2, 0) is 35.3 Å². The number of nitrogens with two attached hydrogens (primary N) is 2. The molecule has 0 spiro atoms. The van der Waals surface area contributed by atoms with Gasteiger partial charge < -0.3 is 45.9 Å². The van der Waals surface area contributed by atoms with E-state index in [0.29, 0.717) is 36.0 Å². The molecule has 10 atom stereocenters. The van der Waals surface area contributed by atoms with Gasteiger partial charge in [0.15, 0.2) is 12.4 Å². The molecule has 50 heavy (non-hydrogen) atoms. The number of aliphatic carboxylic acids is 2.